The molecule has 144 valence electrons. The summed E-state index contributed by atoms with van der Waals surface area (Å²) in [6.07, 6.45) is -3.14. The Bertz CT molecular complexity index is 1060. The molecule has 1 aliphatic heterocycles. The number of benzene rings is 1. The molecule has 1 aromatic carbocycles. The molecule has 3 aromatic rings. The molecule has 1 amide bonds. The van der Waals surface area contributed by atoms with Crippen LogP contribution < -0.4 is 10.1 Å². The average Bonchev–Trinajstić information content (AvgIpc) is 2.87. The van der Waals surface area contributed by atoms with Crippen molar-refractivity contribution in [1.82, 2.24) is 14.8 Å². The molecule has 6 nitrogen and oxygen atoms in total. The predicted molar refractivity (Wildman–Crippen MR) is 95.0 cm³/mol. The molecule has 0 spiro atoms. The summed E-state index contributed by atoms with van der Waals surface area (Å²) < 4.78 is 45.7. The third-order valence-electron chi connectivity index (χ3n) is 4.42. The van der Waals surface area contributed by atoms with Crippen LogP contribution in [0.5, 0.6) is 5.75 Å². The van der Waals surface area contributed by atoms with E-state index < -0.39 is 17.8 Å². The van der Waals surface area contributed by atoms with Crippen LogP contribution in [0.4, 0.5) is 18.9 Å². The fourth-order valence-electron chi connectivity index (χ4n) is 3.21. The van der Waals surface area contributed by atoms with E-state index in [9.17, 15) is 18.0 Å². The average molecular weight is 388 g/mol. The monoisotopic (exact) mass is 388 g/mol. The molecule has 0 saturated heterocycles. The molecule has 9 heteroatoms. The quantitative estimate of drug-likeness (QED) is 0.727. The Kier molecular flexibility index (Phi) is 4.29. The van der Waals surface area contributed by atoms with Gasteiger partial charge in [0, 0.05) is 36.5 Å². The minimum absolute atomic E-state index is 0.00699. The second kappa shape index (κ2) is 6.66. The molecule has 3 heterocycles. The van der Waals surface area contributed by atoms with Crippen molar-refractivity contribution >= 4 is 11.6 Å². The van der Waals surface area contributed by atoms with Crippen LogP contribution in [0.2, 0.25) is 0 Å². The van der Waals surface area contributed by atoms with Crippen molar-refractivity contribution in [3.63, 3.8) is 0 Å². The number of fused-ring (bicyclic) bond motifs is 3. The van der Waals surface area contributed by atoms with E-state index in [0.717, 1.165) is 17.8 Å². The zero-order valence-corrected chi connectivity index (χ0v) is 14.7. The lowest BCUT2D eigenvalue weighted by molar-refractivity contribution is -0.141. The lowest BCUT2D eigenvalue weighted by Gasteiger charge is -2.10. The van der Waals surface area contributed by atoms with Gasteiger partial charge in [0.15, 0.2) is 0 Å². The van der Waals surface area contributed by atoms with Gasteiger partial charge in [-0.3, -0.25) is 14.5 Å². The molecule has 0 unspecified atom stereocenters. The molecule has 1 aliphatic rings. The van der Waals surface area contributed by atoms with Gasteiger partial charge in [0.05, 0.1) is 6.61 Å². The Morgan fingerprint density at radius 1 is 1.25 bits per heavy atom. The number of hydrogen-bond acceptors (Lipinski definition) is 4. The number of anilines is 1. The number of carbonyl (C=O) groups is 1. The minimum atomic E-state index is -4.59. The first-order chi connectivity index (χ1) is 13.3. The van der Waals surface area contributed by atoms with Crippen LogP contribution in [0.3, 0.4) is 0 Å². The third kappa shape index (κ3) is 3.19. The number of hydrogen-bond donors (Lipinski definition) is 1. The summed E-state index contributed by atoms with van der Waals surface area (Å²) in [5.74, 6) is 0.130. The largest absolute Gasteiger partial charge is 0.493 e. The first-order valence-corrected chi connectivity index (χ1v) is 8.47. The van der Waals surface area contributed by atoms with E-state index in [1.165, 1.54) is 10.7 Å². The van der Waals surface area contributed by atoms with Crippen LogP contribution in [0.1, 0.15) is 21.7 Å². The Balaban J connectivity index is 1.70. The Hall–Kier alpha value is -3.36. The number of nitrogens with one attached hydrogen (secondary N) is 1. The lowest BCUT2D eigenvalue weighted by Crippen LogP contribution is -2.19. The van der Waals surface area contributed by atoms with Crippen LogP contribution >= 0.6 is 0 Å². The number of alkyl halides is 3. The third-order valence-corrected chi connectivity index (χ3v) is 4.42. The summed E-state index contributed by atoms with van der Waals surface area (Å²) in [6, 6.07) is 9.48. The molecule has 2 aromatic heterocycles. The van der Waals surface area contributed by atoms with E-state index in [0.29, 0.717) is 30.0 Å². The number of nitrogens with zero attached hydrogens (tertiary/aromatic N) is 3. The van der Waals surface area contributed by atoms with Gasteiger partial charge in [-0.05, 0) is 24.3 Å². The second-order valence-corrected chi connectivity index (χ2v) is 6.28. The summed E-state index contributed by atoms with van der Waals surface area (Å²) >= 11 is 0. The molecule has 0 saturated carbocycles. The number of para-hydroxylation sites is 1. The fourth-order valence-corrected chi connectivity index (χ4v) is 3.21. The molecular weight excluding hydrogens is 373 g/mol. The highest BCUT2D eigenvalue weighted by Crippen LogP contribution is 2.36. The molecule has 0 bridgehead atoms. The number of aromatic nitrogens is 3. The van der Waals surface area contributed by atoms with Gasteiger partial charge < -0.3 is 10.1 Å². The first kappa shape index (κ1) is 18.0. The maximum atomic E-state index is 12.9. The number of pyridine rings is 1. The maximum absolute atomic E-state index is 12.9. The van der Waals surface area contributed by atoms with E-state index in [4.69, 9.17) is 4.74 Å². The molecule has 0 radical (unpaired) electrons. The molecule has 0 atom stereocenters. The number of ether oxygens (including phenoxy) is 1. The van der Waals surface area contributed by atoms with Gasteiger partial charge in [-0.15, -0.1) is 0 Å². The van der Waals surface area contributed by atoms with Gasteiger partial charge >= 0.3 is 6.18 Å². The number of amides is 1. The topological polar surface area (TPSA) is 69.0 Å². The van der Waals surface area contributed by atoms with Gasteiger partial charge in [0.1, 0.15) is 22.8 Å². The van der Waals surface area contributed by atoms with Crippen molar-refractivity contribution in [2.75, 3.05) is 11.9 Å². The Morgan fingerprint density at radius 2 is 2.04 bits per heavy atom. The van der Waals surface area contributed by atoms with Crippen molar-refractivity contribution in [2.45, 2.75) is 12.6 Å². The van der Waals surface area contributed by atoms with Gasteiger partial charge in [0.25, 0.3) is 5.91 Å². The van der Waals surface area contributed by atoms with Crippen molar-refractivity contribution in [3.8, 4) is 17.0 Å². The van der Waals surface area contributed by atoms with Crippen LogP contribution in [0.25, 0.3) is 11.3 Å². The lowest BCUT2D eigenvalue weighted by atomic mass is 10.0. The van der Waals surface area contributed by atoms with Crippen LogP contribution in [-0.4, -0.2) is 27.3 Å². The van der Waals surface area contributed by atoms with Crippen LogP contribution in [-0.2, 0) is 19.6 Å². The zero-order valence-electron chi connectivity index (χ0n) is 14.7. The SMILES string of the molecule is Cn1nc2c(c1C(=O)Nc1ccnc(C(F)(F)F)c1)CCOc1ccccc1-2. The Morgan fingerprint density at radius 3 is 2.82 bits per heavy atom. The fraction of sp³-hybridized carbons (Fsp3) is 0.211. The highest BCUT2D eigenvalue weighted by molar-refractivity contribution is 6.05. The van der Waals surface area contributed by atoms with E-state index >= 15 is 0 Å². The highest BCUT2D eigenvalue weighted by Gasteiger charge is 2.33. The first-order valence-electron chi connectivity index (χ1n) is 8.47. The van der Waals surface area contributed by atoms with Crippen molar-refractivity contribution < 1.29 is 22.7 Å². The predicted octanol–water partition coefficient (Wildman–Crippen LogP) is 3.69. The molecule has 4 rings (SSSR count). The van der Waals surface area contributed by atoms with E-state index in [1.54, 1.807) is 7.05 Å². The van der Waals surface area contributed by atoms with Crippen molar-refractivity contribution in [1.29, 1.82) is 0 Å². The van der Waals surface area contributed by atoms with E-state index in [-0.39, 0.29) is 11.4 Å². The summed E-state index contributed by atoms with van der Waals surface area (Å²) in [6.45, 7) is 0.365. The highest BCUT2D eigenvalue weighted by atomic mass is 19.4. The van der Waals surface area contributed by atoms with Crippen LogP contribution in [0, 0.1) is 0 Å². The summed E-state index contributed by atoms with van der Waals surface area (Å²) in [4.78, 5) is 16.1. The van der Waals surface area contributed by atoms with Gasteiger partial charge in [-0.25, -0.2) is 0 Å². The van der Waals surface area contributed by atoms with Gasteiger partial charge in [-0.1, -0.05) is 12.1 Å². The van der Waals surface area contributed by atoms with E-state index in [2.05, 4.69) is 15.4 Å². The number of aryl methyl sites for hydroxylation is 1. The molecule has 1 N–H and O–H groups in total. The maximum Gasteiger partial charge on any atom is 0.433 e. The standard InChI is InChI=1S/C19H15F3N4O2/c1-26-17(18(27)24-11-6-8-23-15(10-11)19(20,21)22)13-7-9-28-14-5-3-2-4-12(14)16(13)25-26/h2-6,8,10H,7,9H2,1H3,(H,23,24,27). The number of halogens is 3. The minimum Gasteiger partial charge on any atom is -0.493 e. The van der Waals surface area contributed by atoms with Crippen LogP contribution in [0.15, 0.2) is 42.6 Å². The number of carbonyl (C=O) groups excluding carboxylic acids is 1. The second-order valence-electron chi connectivity index (χ2n) is 6.28. The Labute approximate surface area is 158 Å². The summed E-state index contributed by atoms with van der Waals surface area (Å²) in [5, 5.41) is 6.97. The van der Waals surface area contributed by atoms with Gasteiger partial charge in [0.2, 0.25) is 0 Å². The van der Waals surface area contributed by atoms with Gasteiger partial charge in [-0.2, -0.15) is 18.3 Å². The molecule has 0 fully saturated rings. The number of rotatable bonds is 2. The molecule has 0 aliphatic carbocycles. The summed E-state index contributed by atoms with van der Waals surface area (Å²) in [7, 11) is 1.63. The normalized spacial score (nSPS) is 13.1. The molecule has 28 heavy (non-hydrogen) atoms. The summed E-state index contributed by atoms with van der Waals surface area (Å²) in [5.41, 5.74) is 1.30. The van der Waals surface area contributed by atoms with Crippen molar-refractivity contribution in [3.05, 3.63) is 59.5 Å². The smallest absolute Gasteiger partial charge is 0.433 e. The zero-order chi connectivity index (χ0) is 19.9. The van der Waals surface area contributed by atoms with Crippen molar-refractivity contribution in [2.24, 2.45) is 7.05 Å². The molecular formula is C19H15F3N4O2. The van der Waals surface area contributed by atoms with E-state index in [1.807, 2.05) is 24.3 Å².